The second-order valence-electron chi connectivity index (χ2n) is 5.06. The maximum atomic E-state index is 11.8. The Hall–Kier alpha value is -2.24. The van der Waals surface area contributed by atoms with Gasteiger partial charge in [0.1, 0.15) is 5.75 Å². The van der Waals surface area contributed by atoms with E-state index in [1.54, 1.807) is 18.2 Å². The molecule has 2 rings (SSSR count). The van der Waals surface area contributed by atoms with Crippen LogP contribution in [-0.2, 0) is 9.59 Å². The number of amides is 2. The zero-order valence-corrected chi connectivity index (χ0v) is 14.4. The number of carbonyl (C=O) groups is 2. The molecular formula is C17H16Cl2N2O3. The van der Waals surface area contributed by atoms with E-state index in [2.05, 4.69) is 10.6 Å². The predicted molar refractivity (Wildman–Crippen MR) is 94.8 cm³/mol. The third-order valence-electron chi connectivity index (χ3n) is 3.00. The first-order chi connectivity index (χ1) is 11.4. The van der Waals surface area contributed by atoms with E-state index in [0.717, 1.165) is 5.56 Å². The fraction of sp³-hybridized carbons (Fsp3) is 0.176. The lowest BCUT2D eigenvalue weighted by Gasteiger charge is -2.09. The Morgan fingerprint density at radius 3 is 2.58 bits per heavy atom. The van der Waals surface area contributed by atoms with Crippen LogP contribution in [0.25, 0.3) is 0 Å². The number of hydrogen-bond acceptors (Lipinski definition) is 3. The van der Waals surface area contributed by atoms with Gasteiger partial charge in [-0.1, -0.05) is 35.3 Å². The summed E-state index contributed by atoms with van der Waals surface area (Å²) < 4.78 is 5.29. The molecular weight excluding hydrogens is 351 g/mol. The Bertz CT molecular complexity index is 750. The topological polar surface area (TPSA) is 67.4 Å². The van der Waals surface area contributed by atoms with Crippen molar-refractivity contribution in [3.63, 3.8) is 0 Å². The molecule has 24 heavy (non-hydrogen) atoms. The van der Waals surface area contributed by atoms with Crippen molar-refractivity contribution in [3.8, 4) is 5.75 Å². The Labute approximate surface area is 149 Å². The number of anilines is 1. The molecule has 0 heterocycles. The quantitative estimate of drug-likeness (QED) is 0.822. The van der Waals surface area contributed by atoms with Gasteiger partial charge in [0.25, 0.3) is 5.91 Å². The average Bonchev–Trinajstić information content (AvgIpc) is 2.52. The summed E-state index contributed by atoms with van der Waals surface area (Å²) in [4.78, 5) is 23.5. The lowest BCUT2D eigenvalue weighted by molar-refractivity contribution is -0.125. The molecule has 0 fully saturated rings. The zero-order valence-electron chi connectivity index (χ0n) is 12.9. The van der Waals surface area contributed by atoms with Crippen molar-refractivity contribution in [2.24, 2.45) is 0 Å². The third-order valence-corrected chi connectivity index (χ3v) is 3.53. The zero-order chi connectivity index (χ0) is 17.5. The summed E-state index contributed by atoms with van der Waals surface area (Å²) in [6, 6.07) is 12.1. The lowest BCUT2D eigenvalue weighted by Crippen LogP contribution is -2.35. The van der Waals surface area contributed by atoms with Gasteiger partial charge in [-0.2, -0.15) is 0 Å². The number of aryl methyl sites for hydroxylation is 1. The van der Waals surface area contributed by atoms with E-state index in [-0.39, 0.29) is 19.1 Å². The summed E-state index contributed by atoms with van der Waals surface area (Å²) in [5.74, 6) is -0.403. The van der Waals surface area contributed by atoms with Gasteiger partial charge < -0.3 is 15.4 Å². The lowest BCUT2D eigenvalue weighted by atomic mass is 10.2. The van der Waals surface area contributed by atoms with Crippen LogP contribution in [0.15, 0.2) is 42.5 Å². The SMILES string of the molecule is Cc1cccc(NC(=O)CNC(=O)COc2ccc(Cl)cc2Cl)c1. The second kappa shape index (κ2) is 8.57. The van der Waals surface area contributed by atoms with Gasteiger partial charge in [-0.05, 0) is 42.8 Å². The van der Waals surface area contributed by atoms with Gasteiger partial charge in [0, 0.05) is 10.7 Å². The monoisotopic (exact) mass is 366 g/mol. The number of halogens is 2. The summed E-state index contributed by atoms with van der Waals surface area (Å²) >= 11 is 11.7. The smallest absolute Gasteiger partial charge is 0.258 e. The summed E-state index contributed by atoms with van der Waals surface area (Å²) in [5.41, 5.74) is 1.71. The van der Waals surface area contributed by atoms with Crippen LogP contribution in [0.5, 0.6) is 5.75 Å². The number of ether oxygens (including phenoxy) is 1. The highest BCUT2D eigenvalue weighted by Gasteiger charge is 2.09. The Morgan fingerprint density at radius 1 is 1.08 bits per heavy atom. The van der Waals surface area contributed by atoms with Crippen molar-refractivity contribution in [2.75, 3.05) is 18.5 Å². The fourth-order valence-corrected chi connectivity index (χ4v) is 2.36. The number of carbonyl (C=O) groups excluding carboxylic acids is 2. The highest BCUT2D eigenvalue weighted by molar-refractivity contribution is 6.35. The van der Waals surface area contributed by atoms with E-state index in [1.165, 1.54) is 6.07 Å². The minimum absolute atomic E-state index is 0.148. The first kappa shape index (κ1) is 18.1. The van der Waals surface area contributed by atoms with Crippen molar-refractivity contribution < 1.29 is 14.3 Å². The maximum Gasteiger partial charge on any atom is 0.258 e. The molecule has 0 saturated heterocycles. The molecule has 0 unspecified atom stereocenters. The van der Waals surface area contributed by atoms with Crippen molar-refractivity contribution in [1.29, 1.82) is 0 Å². The molecule has 7 heteroatoms. The predicted octanol–water partition coefficient (Wildman–Crippen LogP) is 3.44. The van der Waals surface area contributed by atoms with Crippen LogP contribution in [0, 0.1) is 6.92 Å². The summed E-state index contributed by atoms with van der Waals surface area (Å²) in [6.45, 7) is 1.53. The Balaban J connectivity index is 1.75. The molecule has 0 aliphatic carbocycles. The molecule has 0 bridgehead atoms. The number of benzene rings is 2. The van der Waals surface area contributed by atoms with Crippen molar-refractivity contribution in [2.45, 2.75) is 6.92 Å². The molecule has 2 N–H and O–H groups in total. The molecule has 126 valence electrons. The van der Waals surface area contributed by atoms with E-state index in [1.807, 2.05) is 25.1 Å². The maximum absolute atomic E-state index is 11.8. The minimum atomic E-state index is -0.430. The molecule has 2 amide bonds. The normalized spacial score (nSPS) is 10.1. The molecule has 0 saturated carbocycles. The first-order valence-electron chi connectivity index (χ1n) is 7.15. The van der Waals surface area contributed by atoms with Gasteiger partial charge in [-0.25, -0.2) is 0 Å². The summed E-state index contributed by atoms with van der Waals surface area (Å²) in [6.07, 6.45) is 0. The van der Waals surface area contributed by atoms with Crippen LogP contribution in [0.3, 0.4) is 0 Å². The van der Waals surface area contributed by atoms with E-state index in [4.69, 9.17) is 27.9 Å². The standard InChI is InChI=1S/C17H16Cl2N2O3/c1-11-3-2-4-13(7-11)21-16(22)9-20-17(23)10-24-15-6-5-12(18)8-14(15)19/h2-8H,9-10H2,1H3,(H,20,23)(H,21,22). The van der Waals surface area contributed by atoms with Gasteiger partial charge in [0.05, 0.1) is 11.6 Å². The minimum Gasteiger partial charge on any atom is -0.482 e. The second-order valence-corrected chi connectivity index (χ2v) is 5.90. The van der Waals surface area contributed by atoms with Gasteiger partial charge >= 0.3 is 0 Å². The highest BCUT2D eigenvalue weighted by Crippen LogP contribution is 2.27. The molecule has 2 aromatic carbocycles. The van der Waals surface area contributed by atoms with E-state index in [9.17, 15) is 9.59 Å². The van der Waals surface area contributed by atoms with Crippen LogP contribution in [0.1, 0.15) is 5.56 Å². The van der Waals surface area contributed by atoms with Gasteiger partial charge in [0.15, 0.2) is 6.61 Å². The Kier molecular flexibility index (Phi) is 6.46. The summed E-state index contributed by atoms with van der Waals surface area (Å²) in [5, 5.41) is 5.96. The molecule has 2 aromatic rings. The molecule has 0 atom stereocenters. The number of hydrogen-bond donors (Lipinski definition) is 2. The molecule has 0 aliphatic heterocycles. The van der Waals surface area contributed by atoms with E-state index >= 15 is 0 Å². The first-order valence-corrected chi connectivity index (χ1v) is 7.91. The van der Waals surface area contributed by atoms with E-state index < -0.39 is 5.91 Å². The van der Waals surface area contributed by atoms with Crippen molar-refractivity contribution >= 4 is 40.7 Å². The highest BCUT2D eigenvalue weighted by atomic mass is 35.5. The van der Waals surface area contributed by atoms with Gasteiger partial charge in [-0.3, -0.25) is 9.59 Å². The molecule has 0 aliphatic rings. The molecule has 0 radical (unpaired) electrons. The summed E-state index contributed by atoms with van der Waals surface area (Å²) in [7, 11) is 0. The molecule has 0 spiro atoms. The van der Waals surface area contributed by atoms with Gasteiger partial charge in [0.2, 0.25) is 5.91 Å². The van der Waals surface area contributed by atoms with Crippen LogP contribution < -0.4 is 15.4 Å². The number of nitrogens with one attached hydrogen (secondary N) is 2. The van der Waals surface area contributed by atoms with Crippen molar-refractivity contribution in [1.82, 2.24) is 5.32 Å². The molecule has 0 aromatic heterocycles. The molecule has 5 nitrogen and oxygen atoms in total. The van der Waals surface area contributed by atoms with Crippen LogP contribution in [0.2, 0.25) is 10.0 Å². The number of rotatable bonds is 6. The third kappa shape index (κ3) is 5.76. The Morgan fingerprint density at radius 2 is 1.88 bits per heavy atom. The van der Waals surface area contributed by atoms with Crippen LogP contribution in [0.4, 0.5) is 5.69 Å². The van der Waals surface area contributed by atoms with Crippen LogP contribution in [-0.4, -0.2) is 25.0 Å². The van der Waals surface area contributed by atoms with Gasteiger partial charge in [-0.15, -0.1) is 0 Å². The average molecular weight is 367 g/mol. The van der Waals surface area contributed by atoms with E-state index in [0.29, 0.717) is 21.5 Å². The van der Waals surface area contributed by atoms with Crippen molar-refractivity contribution in [3.05, 3.63) is 58.1 Å². The van der Waals surface area contributed by atoms with Crippen LogP contribution >= 0.6 is 23.2 Å². The fourth-order valence-electron chi connectivity index (χ4n) is 1.89. The largest absolute Gasteiger partial charge is 0.482 e.